The Bertz CT molecular complexity index is 558. The maximum Gasteiger partial charge on any atom is 0.317 e. The van der Waals surface area contributed by atoms with Crippen LogP contribution in [0.2, 0.25) is 0 Å². The smallest absolute Gasteiger partial charge is 0.317 e. The van der Waals surface area contributed by atoms with Crippen molar-refractivity contribution >= 4 is 33.5 Å². The Balaban J connectivity index is 2.86. The number of Topliss-reactive ketones (excluding diaryl/α,β-unsaturated/α-hetero) is 2. The van der Waals surface area contributed by atoms with Gasteiger partial charge in [0.05, 0.1) is 0 Å². The van der Waals surface area contributed by atoms with Gasteiger partial charge in [-0.2, -0.15) is 0 Å². The van der Waals surface area contributed by atoms with Gasteiger partial charge < -0.3 is 4.74 Å². The summed E-state index contributed by atoms with van der Waals surface area (Å²) in [7, 11) is 0. The molecule has 4 nitrogen and oxygen atoms in total. The zero-order valence-corrected chi connectivity index (χ0v) is 14.2. The molecule has 1 rings (SSSR count). The molecule has 0 unspecified atom stereocenters. The normalized spacial score (nSPS) is 12.6. The van der Waals surface area contributed by atoms with Gasteiger partial charge in [-0.05, 0) is 39.8 Å². The Labute approximate surface area is 133 Å². The molecule has 0 saturated heterocycles. The van der Waals surface area contributed by atoms with Gasteiger partial charge in [-0.25, -0.2) is 0 Å². The first kappa shape index (κ1) is 17.6. The standard InChI is InChI=1S/C16H19BrO4/c1-10(18)13(15(20)21-16(2,3)4)9-14(19)11-6-5-7-12(17)8-11/h5-8,13H,9H2,1-4H3/t13-/m1/s1. The van der Waals surface area contributed by atoms with Crippen LogP contribution in [-0.2, 0) is 14.3 Å². The largest absolute Gasteiger partial charge is 0.459 e. The van der Waals surface area contributed by atoms with Crippen molar-refractivity contribution < 1.29 is 19.1 Å². The molecule has 114 valence electrons. The summed E-state index contributed by atoms with van der Waals surface area (Å²) in [6.45, 7) is 6.46. The minimum absolute atomic E-state index is 0.180. The van der Waals surface area contributed by atoms with Gasteiger partial charge in [0.1, 0.15) is 17.3 Å². The Morgan fingerprint density at radius 2 is 1.86 bits per heavy atom. The monoisotopic (exact) mass is 354 g/mol. The number of halogens is 1. The van der Waals surface area contributed by atoms with Gasteiger partial charge in [0.15, 0.2) is 5.78 Å². The minimum atomic E-state index is -1.06. The van der Waals surface area contributed by atoms with Crippen LogP contribution >= 0.6 is 15.9 Å². The number of rotatable bonds is 5. The molecule has 0 aromatic heterocycles. The molecule has 1 atom stereocenters. The van der Waals surface area contributed by atoms with E-state index in [1.165, 1.54) is 6.92 Å². The Hall–Kier alpha value is -1.49. The lowest BCUT2D eigenvalue weighted by atomic mass is 9.95. The van der Waals surface area contributed by atoms with Crippen molar-refractivity contribution in [3.8, 4) is 0 Å². The highest BCUT2D eigenvalue weighted by atomic mass is 79.9. The van der Waals surface area contributed by atoms with Crippen LogP contribution in [0.3, 0.4) is 0 Å². The average molecular weight is 355 g/mol. The quantitative estimate of drug-likeness (QED) is 0.460. The molecule has 0 spiro atoms. The molecular formula is C16H19BrO4. The van der Waals surface area contributed by atoms with Gasteiger partial charge in [0.25, 0.3) is 0 Å². The fourth-order valence-electron chi connectivity index (χ4n) is 1.73. The third-order valence-corrected chi connectivity index (χ3v) is 3.21. The molecule has 0 fully saturated rings. The summed E-state index contributed by atoms with van der Waals surface area (Å²) >= 11 is 3.28. The van der Waals surface area contributed by atoms with E-state index in [9.17, 15) is 14.4 Å². The lowest BCUT2D eigenvalue weighted by Gasteiger charge is -2.22. The molecule has 0 saturated carbocycles. The lowest BCUT2D eigenvalue weighted by molar-refractivity contribution is -0.161. The molecule has 21 heavy (non-hydrogen) atoms. The fraction of sp³-hybridized carbons (Fsp3) is 0.438. The second kappa shape index (κ2) is 6.98. The first-order valence-corrected chi connectivity index (χ1v) is 7.41. The van der Waals surface area contributed by atoms with E-state index < -0.39 is 17.5 Å². The maximum atomic E-state index is 12.2. The van der Waals surface area contributed by atoms with Gasteiger partial charge in [-0.15, -0.1) is 0 Å². The summed E-state index contributed by atoms with van der Waals surface area (Å²) in [5.74, 6) is -2.34. The number of esters is 1. The summed E-state index contributed by atoms with van der Waals surface area (Å²) in [5, 5.41) is 0. The molecule has 1 aromatic rings. The fourth-order valence-corrected chi connectivity index (χ4v) is 2.13. The third-order valence-electron chi connectivity index (χ3n) is 2.72. The third kappa shape index (κ3) is 5.79. The van der Waals surface area contributed by atoms with Crippen molar-refractivity contribution in [1.29, 1.82) is 0 Å². The van der Waals surface area contributed by atoms with Crippen LogP contribution in [0.25, 0.3) is 0 Å². The van der Waals surface area contributed by atoms with Crippen molar-refractivity contribution in [2.45, 2.75) is 39.7 Å². The first-order chi connectivity index (χ1) is 9.60. The lowest BCUT2D eigenvalue weighted by Crippen LogP contribution is -2.33. The van der Waals surface area contributed by atoms with Crippen LogP contribution in [0.4, 0.5) is 0 Å². The van der Waals surface area contributed by atoms with Gasteiger partial charge in [-0.3, -0.25) is 14.4 Å². The molecule has 0 amide bonds. The predicted molar refractivity (Wildman–Crippen MR) is 83.1 cm³/mol. The zero-order chi connectivity index (χ0) is 16.2. The highest BCUT2D eigenvalue weighted by molar-refractivity contribution is 9.10. The minimum Gasteiger partial charge on any atom is -0.459 e. The highest BCUT2D eigenvalue weighted by Gasteiger charge is 2.31. The van der Waals surface area contributed by atoms with Crippen molar-refractivity contribution in [2.75, 3.05) is 0 Å². The molecule has 0 heterocycles. The van der Waals surface area contributed by atoms with Gasteiger partial charge in [0.2, 0.25) is 0 Å². The molecule has 0 aliphatic carbocycles. The summed E-state index contributed by atoms with van der Waals surface area (Å²) in [6, 6.07) is 6.84. The molecule has 0 radical (unpaired) electrons. The molecule has 0 bridgehead atoms. The number of carbonyl (C=O) groups is 3. The molecule has 1 aromatic carbocycles. The SMILES string of the molecule is CC(=O)[C@@H](CC(=O)c1cccc(Br)c1)C(=O)OC(C)(C)C. The van der Waals surface area contributed by atoms with Crippen molar-refractivity contribution in [3.05, 3.63) is 34.3 Å². The van der Waals surface area contributed by atoms with E-state index >= 15 is 0 Å². The van der Waals surface area contributed by atoms with Crippen LogP contribution < -0.4 is 0 Å². The second-order valence-corrected chi connectivity index (χ2v) is 6.75. The van der Waals surface area contributed by atoms with E-state index in [-0.39, 0.29) is 18.0 Å². The number of benzene rings is 1. The summed E-state index contributed by atoms with van der Waals surface area (Å²) < 4.78 is 5.97. The highest BCUT2D eigenvalue weighted by Crippen LogP contribution is 2.19. The van der Waals surface area contributed by atoms with Crippen molar-refractivity contribution in [2.24, 2.45) is 5.92 Å². The number of ketones is 2. The molecule has 0 N–H and O–H groups in total. The van der Waals surface area contributed by atoms with E-state index in [1.54, 1.807) is 45.0 Å². The Morgan fingerprint density at radius 1 is 1.24 bits per heavy atom. The summed E-state index contributed by atoms with van der Waals surface area (Å²) in [4.78, 5) is 35.9. The number of carbonyl (C=O) groups excluding carboxylic acids is 3. The molecular weight excluding hydrogens is 336 g/mol. The topological polar surface area (TPSA) is 60.4 Å². The van der Waals surface area contributed by atoms with E-state index in [2.05, 4.69) is 15.9 Å². The van der Waals surface area contributed by atoms with Crippen LogP contribution in [-0.4, -0.2) is 23.1 Å². The van der Waals surface area contributed by atoms with Crippen molar-refractivity contribution in [3.63, 3.8) is 0 Å². The first-order valence-electron chi connectivity index (χ1n) is 6.62. The van der Waals surface area contributed by atoms with E-state index in [0.717, 1.165) is 4.47 Å². The molecule has 0 aliphatic heterocycles. The van der Waals surface area contributed by atoms with Gasteiger partial charge in [-0.1, -0.05) is 28.1 Å². The van der Waals surface area contributed by atoms with Crippen LogP contribution in [0.15, 0.2) is 28.7 Å². The number of hydrogen-bond donors (Lipinski definition) is 0. The molecule has 0 aliphatic rings. The summed E-state index contributed by atoms with van der Waals surface area (Å²) in [6.07, 6.45) is -0.180. The van der Waals surface area contributed by atoms with E-state index in [1.807, 2.05) is 0 Å². The second-order valence-electron chi connectivity index (χ2n) is 5.83. The van der Waals surface area contributed by atoms with Crippen LogP contribution in [0.1, 0.15) is 44.5 Å². The predicted octanol–water partition coefficient (Wildman–Crippen LogP) is 3.57. The van der Waals surface area contributed by atoms with E-state index in [4.69, 9.17) is 4.74 Å². The van der Waals surface area contributed by atoms with Crippen molar-refractivity contribution in [1.82, 2.24) is 0 Å². The van der Waals surface area contributed by atoms with E-state index in [0.29, 0.717) is 5.56 Å². The summed E-state index contributed by atoms with van der Waals surface area (Å²) in [5.41, 5.74) is -0.233. The van der Waals surface area contributed by atoms with Crippen LogP contribution in [0.5, 0.6) is 0 Å². The molecule has 5 heteroatoms. The number of ether oxygens (including phenoxy) is 1. The Kier molecular flexibility index (Phi) is 5.84. The van der Waals surface area contributed by atoms with Gasteiger partial charge in [0, 0.05) is 16.5 Å². The average Bonchev–Trinajstić information content (AvgIpc) is 2.32. The Morgan fingerprint density at radius 3 is 2.33 bits per heavy atom. The van der Waals surface area contributed by atoms with Crippen LogP contribution in [0, 0.1) is 5.92 Å². The van der Waals surface area contributed by atoms with Gasteiger partial charge >= 0.3 is 5.97 Å². The zero-order valence-electron chi connectivity index (χ0n) is 12.6. The number of hydrogen-bond acceptors (Lipinski definition) is 4. The maximum absolute atomic E-state index is 12.2.